The highest BCUT2D eigenvalue weighted by atomic mass is 79.9. The predicted octanol–water partition coefficient (Wildman–Crippen LogP) is 6.70. The normalized spacial score (nSPS) is 14.1. The van der Waals surface area contributed by atoms with E-state index in [1.165, 1.54) is 17.8 Å². The number of carbonyl (C=O) groups excluding carboxylic acids is 3. The molecule has 1 aliphatic rings. The van der Waals surface area contributed by atoms with Crippen molar-refractivity contribution >= 4 is 50.3 Å². The van der Waals surface area contributed by atoms with E-state index < -0.39 is 29.6 Å². The zero-order valence-electron chi connectivity index (χ0n) is 22.0. The average molecular weight is 587 g/mol. The number of hydrogen-bond acceptors (Lipinski definition) is 5. The van der Waals surface area contributed by atoms with E-state index in [4.69, 9.17) is 9.47 Å². The number of imide groups is 1. The van der Waals surface area contributed by atoms with Gasteiger partial charge in [-0.1, -0.05) is 72.8 Å². The van der Waals surface area contributed by atoms with Crippen LogP contribution in [0.3, 0.4) is 0 Å². The van der Waals surface area contributed by atoms with Crippen molar-refractivity contribution in [1.29, 1.82) is 0 Å². The summed E-state index contributed by atoms with van der Waals surface area (Å²) in [5.41, 5.74) is 2.13. The minimum absolute atomic E-state index is 0.135. The monoisotopic (exact) mass is 586 g/mol. The third-order valence-corrected chi connectivity index (χ3v) is 7.06. The van der Waals surface area contributed by atoms with E-state index in [9.17, 15) is 14.4 Å². The van der Waals surface area contributed by atoms with Crippen molar-refractivity contribution in [2.75, 3.05) is 7.05 Å². The smallest absolute Gasteiger partial charge is 0.419 e. The largest absolute Gasteiger partial charge is 0.479 e. The second-order valence-corrected chi connectivity index (χ2v) is 11.0. The number of para-hydroxylation sites is 1. The first-order chi connectivity index (χ1) is 18.6. The van der Waals surface area contributed by atoms with E-state index in [1.807, 2.05) is 60.7 Å². The Balaban J connectivity index is 1.72. The molecule has 198 valence electrons. The van der Waals surface area contributed by atoms with Crippen LogP contribution in [0.15, 0.2) is 89.5 Å². The summed E-state index contributed by atoms with van der Waals surface area (Å²) in [7, 11) is 1.42. The van der Waals surface area contributed by atoms with E-state index in [1.54, 1.807) is 39.0 Å². The molecule has 2 heterocycles. The number of ether oxygens (including phenoxy) is 2. The molecule has 39 heavy (non-hydrogen) atoms. The number of likely N-dealkylation sites (N-methyl/N-ethyl adjacent to an activating group) is 1. The maximum absolute atomic E-state index is 13.5. The summed E-state index contributed by atoms with van der Waals surface area (Å²) in [6, 6.07) is 25.0. The van der Waals surface area contributed by atoms with E-state index in [0.29, 0.717) is 22.2 Å². The minimum atomic E-state index is -0.764. The van der Waals surface area contributed by atoms with Crippen molar-refractivity contribution in [3.8, 4) is 5.75 Å². The molecule has 5 rings (SSSR count). The highest BCUT2D eigenvalue weighted by Gasteiger charge is 2.37. The van der Waals surface area contributed by atoms with Gasteiger partial charge in [0.25, 0.3) is 11.8 Å². The number of carbonyl (C=O) groups is 3. The lowest BCUT2D eigenvalue weighted by atomic mass is 10.0. The van der Waals surface area contributed by atoms with E-state index in [2.05, 4.69) is 15.9 Å². The van der Waals surface area contributed by atoms with Gasteiger partial charge in [0, 0.05) is 24.2 Å². The summed E-state index contributed by atoms with van der Waals surface area (Å²) in [4.78, 5) is 40.1. The van der Waals surface area contributed by atoms with Gasteiger partial charge < -0.3 is 9.47 Å². The molecule has 0 radical (unpaired) electrons. The van der Waals surface area contributed by atoms with Crippen LogP contribution in [-0.4, -0.2) is 40.0 Å². The second-order valence-electron chi connectivity index (χ2n) is 10.2. The fraction of sp³-hybridized carbons (Fsp3) is 0.194. The van der Waals surface area contributed by atoms with Gasteiger partial charge in [0.1, 0.15) is 23.0 Å². The van der Waals surface area contributed by atoms with Crippen LogP contribution in [0.1, 0.15) is 43.6 Å². The van der Waals surface area contributed by atoms with Gasteiger partial charge in [0.15, 0.2) is 0 Å². The van der Waals surface area contributed by atoms with E-state index in [-0.39, 0.29) is 10.1 Å². The molecule has 0 atom stereocenters. The first kappa shape index (κ1) is 26.4. The fourth-order valence-electron chi connectivity index (χ4n) is 4.55. The van der Waals surface area contributed by atoms with Gasteiger partial charge >= 0.3 is 6.09 Å². The third-order valence-electron chi connectivity index (χ3n) is 6.33. The maximum Gasteiger partial charge on any atom is 0.419 e. The van der Waals surface area contributed by atoms with Crippen molar-refractivity contribution in [2.24, 2.45) is 0 Å². The quantitative estimate of drug-likeness (QED) is 0.243. The molecular formula is C31H27BrN2O5. The zero-order chi connectivity index (χ0) is 27.9. The summed E-state index contributed by atoms with van der Waals surface area (Å²) < 4.78 is 13.9. The van der Waals surface area contributed by atoms with Gasteiger partial charge in [-0.15, -0.1) is 0 Å². The highest BCUT2D eigenvalue weighted by Crippen LogP contribution is 2.41. The predicted molar refractivity (Wildman–Crippen MR) is 153 cm³/mol. The van der Waals surface area contributed by atoms with Crippen molar-refractivity contribution in [1.82, 2.24) is 9.47 Å². The molecule has 1 aromatic heterocycles. The highest BCUT2D eigenvalue weighted by molar-refractivity contribution is 9.12. The van der Waals surface area contributed by atoms with Crippen molar-refractivity contribution < 1.29 is 23.9 Å². The van der Waals surface area contributed by atoms with Crippen LogP contribution in [0.4, 0.5) is 4.79 Å². The molecule has 2 amide bonds. The summed E-state index contributed by atoms with van der Waals surface area (Å²) in [5, 5.41) is 0.571. The Morgan fingerprint density at radius 3 is 1.95 bits per heavy atom. The maximum atomic E-state index is 13.5. The minimum Gasteiger partial charge on any atom is -0.479 e. The molecular weight excluding hydrogens is 560 g/mol. The lowest BCUT2D eigenvalue weighted by Gasteiger charge is -2.22. The van der Waals surface area contributed by atoms with E-state index in [0.717, 1.165) is 16.0 Å². The number of rotatable bonds is 5. The Labute approximate surface area is 234 Å². The van der Waals surface area contributed by atoms with Gasteiger partial charge in [-0.3, -0.25) is 14.5 Å². The van der Waals surface area contributed by atoms with Gasteiger partial charge in [-0.2, -0.15) is 0 Å². The first-order valence-corrected chi connectivity index (χ1v) is 13.2. The molecule has 0 unspecified atom stereocenters. The number of hydrogen-bond donors (Lipinski definition) is 0. The molecule has 0 spiro atoms. The van der Waals surface area contributed by atoms with Gasteiger partial charge in [-0.25, -0.2) is 9.36 Å². The molecule has 1 aliphatic heterocycles. The number of aromatic nitrogens is 1. The topological polar surface area (TPSA) is 77.8 Å². The summed E-state index contributed by atoms with van der Waals surface area (Å²) in [5.74, 6) is -0.495. The molecule has 0 aliphatic carbocycles. The molecule has 3 aromatic carbocycles. The standard InChI is InChI=1S/C31H27BrN2O5/c1-31(2,3)39-30(37)34-18-22(24-25(32)29(36)33(4)28(24)35)21-16-11-17-23(26(21)34)38-27(19-12-7-5-8-13-19)20-14-9-6-10-15-20/h5-18,27H,1-4H3. The van der Waals surface area contributed by atoms with Crippen LogP contribution in [0.5, 0.6) is 5.75 Å². The fourth-order valence-corrected chi connectivity index (χ4v) is 5.20. The Kier molecular flexibility index (Phi) is 6.91. The Hall–Kier alpha value is -4.17. The molecule has 4 aromatic rings. The number of fused-ring (bicyclic) bond motifs is 1. The molecule has 7 nitrogen and oxygen atoms in total. The number of benzene rings is 3. The molecule has 0 bridgehead atoms. The van der Waals surface area contributed by atoms with Crippen molar-refractivity contribution in [2.45, 2.75) is 32.5 Å². The SMILES string of the molecule is CN1C(=O)C(Br)=C(c2cn(C(=O)OC(C)(C)C)c3c(OC(c4ccccc4)c4ccccc4)cccc23)C1=O. The number of nitrogens with zero attached hydrogens (tertiary/aromatic N) is 2. The van der Waals surface area contributed by atoms with Crippen LogP contribution < -0.4 is 4.74 Å². The Morgan fingerprint density at radius 1 is 0.846 bits per heavy atom. The number of halogens is 1. The lowest BCUT2D eigenvalue weighted by molar-refractivity contribution is -0.134. The van der Waals surface area contributed by atoms with Gasteiger partial charge in [-0.05, 0) is 53.9 Å². The van der Waals surface area contributed by atoms with Crippen LogP contribution in [0, 0.1) is 0 Å². The zero-order valence-corrected chi connectivity index (χ0v) is 23.6. The summed E-state index contributed by atoms with van der Waals surface area (Å²) >= 11 is 3.30. The Morgan fingerprint density at radius 2 is 1.44 bits per heavy atom. The Bertz CT molecular complexity index is 1580. The van der Waals surface area contributed by atoms with Gasteiger partial charge in [0.05, 0.1) is 10.1 Å². The van der Waals surface area contributed by atoms with Crippen molar-refractivity contribution in [3.05, 3.63) is 106 Å². The van der Waals surface area contributed by atoms with E-state index >= 15 is 0 Å². The van der Waals surface area contributed by atoms with Crippen molar-refractivity contribution in [3.63, 3.8) is 0 Å². The molecule has 0 saturated heterocycles. The first-order valence-electron chi connectivity index (χ1n) is 12.4. The van der Waals surface area contributed by atoms with Crippen LogP contribution in [0.2, 0.25) is 0 Å². The van der Waals surface area contributed by atoms with Crippen LogP contribution >= 0.6 is 15.9 Å². The number of amides is 2. The third kappa shape index (κ3) is 5.00. The summed E-state index contributed by atoms with van der Waals surface area (Å²) in [6.07, 6.45) is 0.426. The molecule has 8 heteroatoms. The lowest BCUT2D eigenvalue weighted by Crippen LogP contribution is -2.27. The molecule has 0 fully saturated rings. The second kappa shape index (κ2) is 10.2. The molecule has 0 N–H and O–H groups in total. The molecule has 0 saturated carbocycles. The average Bonchev–Trinajstić information content (AvgIpc) is 3.39. The summed E-state index contributed by atoms with van der Waals surface area (Å²) in [6.45, 7) is 5.34. The van der Waals surface area contributed by atoms with Crippen LogP contribution in [0.25, 0.3) is 16.5 Å². The van der Waals surface area contributed by atoms with Gasteiger partial charge in [0.2, 0.25) is 0 Å². The van der Waals surface area contributed by atoms with Crippen LogP contribution in [-0.2, 0) is 14.3 Å².